The molecule has 0 spiro atoms. The summed E-state index contributed by atoms with van der Waals surface area (Å²) in [6, 6.07) is 0. The zero-order valence-electron chi connectivity index (χ0n) is 10.8. The fourth-order valence-corrected chi connectivity index (χ4v) is 1.50. The van der Waals surface area contributed by atoms with Gasteiger partial charge in [0.15, 0.2) is 0 Å². The van der Waals surface area contributed by atoms with Crippen LogP contribution in [0.4, 0.5) is 17.5 Å². The summed E-state index contributed by atoms with van der Waals surface area (Å²) in [5.74, 6) is -0.321. The van der Waals surface area contributed by atoms with Crippen LogP contribution < -0.4 is 11.1 Å². The van der Waals surface area contributed by atoms with E-state index in [4.69, 9.17) is 5.73 Å². The molecule has 0 aliphatic carbocycles. The first-order valence-corrected chi connectivity index (χ1v) is 5.78. The first-order valence-electron chi connectivity index (χ1n) is 5.78. The Balaban J connectivity index is 2.79. The van der Waals surface area contributed by atoms with Crippen LogP contribution >= 0.6 is 0 Å². The van der Waals surface area contributed by atoms with Crippen molar-refractivity contribution in [3.63, 3.8) is 0 Å². The number of nitrogens with one attached hydrogen (secondary N) is 1. The Bertz CT molecular complexity index is 474. The lowest BCUT2D eigenvalue weighted by Gasteiger charge is -2.18. The average Bonchev–Trinajstić information content (AvgIpc) is 2.37. The van der Waals surface area contributed by atoms with E-state index >= 15 is 0 Å². The summed E-state index contributed by atoms with van der Waals surface area (Å²) in [6.45, 7) is 4.77. The maximum Gasteiger partial charge on any atom is 0.329 e. The SMILES string of the molecule is CCN(CC)C(=O)CNc1nc(N)ncc1[N+](=O)[O-]. The van der Waals surface area contributed by atoms with Crippen molar-refractivity contribution in [1.29, 1.82) is 0 Å². The van der Waals surface area contributed by atoms with Crippen LogP contribution in [-0.2, 0) is 4.79 Å². The predicted octanol–water partition coefficient (Wildman–Crippen LogP) is 0.247. The van der Waals surface area contributed by atoms with Gasteiger partial charge in [-0.15, -0.1) is 0 Å². The molecule has 0 saturated carbocycles. The quantitative estimate of drug-likeness (QED) is 0.559. The molecular weight excluding hydrogens is 252 g/mol. The van der Waals surface area contributed by atoms with Gasteiger partial charge in [0.05, 0.1) is 11.5 Å². The lowest BCUT2D eigenvalue weighted by atomic mass is 10.4. The zero-order valence-corrected chi connectivity index (χ0v) is 10.8. The number of amides is 1. The highest BCUT2D eigenvalue weighted by atomic mass is 16.6. The zero-order chi connectivity index (χ0) is 14.4. The van der Waals surface area contributed by atoms with Crippen LogP contribution in [-0.4, -0.2) is 45.3 Å². The van der Waals surface area contributed by atoms with Gasteiger partial charge < -0.3 is 16.0 Å². The van der Waals surface area contributed by atoms with Crippen LogP contribution in [0.5, 0.6) is 0 Å². The Morgan fingerprint density at radius 1 is 1.53 bits per heavy atom. The van der Waals surface area contributed by atoms with Crippen molar-refractivity contribution in [3.8, 4) is 0 Å². The third kappa shape index (κ3) is 3.76. The summed E-state index contributed by atoms with van der Waals surface area (Å²) in [6.07, 6.45) is 1.01. The minimum Gasteiger partial charge on any atom is -0.368 e. The van der Waals surface area contributed by atoms with Crippen molar-refractivity contribution in [3.05, 3.63) is 16.3 Å². The van der Waals surface area contributed by atoms with Crippen molar-refractivity contribution in [2.45, 2.75) is 13.8 Å². The Hall–Kier alpha value is -2.45. The molecule has 1 aromatic heterocycles. The van der Waals surface area contributed by atoms with Gasteiger partial charge in [-0.05, 0) is 13.8 Å². The van der Waals surface area contributed by atoms with E-state index < -0.39 is 4.92 Å². The highest BCUT2D eigenvalue weighted by molar-refractivity contribution is 5.81. The topological polar surface area (TPSA) is 127 Å². The van der Waals surface area contributed by atoms with Gasteiger partial charge in [0.2, 0.25) is 17.7 Å². The Kier molecular flexibility index (Phi) is 4.98. The van der Waals surface area contributed by atoms with E-state index in [1.807, 2.05) is 13.8 Å². The third-order valence-electron chi connectivity index (χ3n) is 2.51. The van der Waals surface area contributed by atoms with Gasteiger partial charge in [-0.25, -0.2) is 4.98 Å². The molecule has 0 bridgehead atoms. The third-order valence-corrected chi connectivity index (χ3v) is 2.51. The lowest BCUT2D eigenvalue weighted by molar-refractivity contribution is -0.384. The van der Waals surface area contributed by atoms with E-state index in [0.717, 1.165) is 6.20 Å². The summed E-state index contributed by atoms with van der Waals surface area (Å²) >= 11 is 0. The molecule has 0 aliphatic heterocycles. The molecule has 0 aromatic carbocycles. The maximum absolute atomic E-state index is 11.8. The number of carbonyl (C=O) groups excluding carboxylic acids is 1. The lowest BCUT2D eigenvalue weighted by Crippen LogP contribution is -2.35. The number of hydrogen-bond donors (Lipinski definition) is 2. The second kappa shape index (κ2) is 6.47. The minimum atomic E-state index is -0.635. The number of nitro groups is 1. The van der Waals surface area contributed by atoms with Gasteiger partial charge in [-0.2, -0.15) is 4.98 Å². The normalized spacial score (nSPS) is 10.0. The standard InChI is InChI=1S/C10H16N6O3/c1-3-15(4-2)8(17)6-12-9-7(16(18)19)5-13-10(11)14-9/h5H,3-4,6H2,1-2H3,(H3,11,12,13,14). The van der Waals surface area contributed by atoms with Gasteiger partial charge in [0, 0.05) is 13.1 Å². The summed E-state index contributed by atoms with van der Waals surface area (Å²) in [5.41, 5.74) is 5.05. The highest BCUT2D eigenvalue weighted by Crippen LogP contribution is 2.20. The molecule has 9 heteroatoms. The smallest absolute Gasteiger partial charge is 0.329 e. The molecule has 0 fully saturated rings. The van der Waals surface area contributed by atoms with E-state index in [-0.39, 0.29) is 29.9 Å². The van der Waals surface area contributed by atoms with Crippen molar-refractivity contribution >= 4 is 23.4 Å². The predicted molar refractivity (Wildman–Crippen MR) is 69.5 cm³/mol. The van der Waals surface area contributed by atoms with Crippen LogP contribution in [0.2, 0.25) is 0 Å². The molecule has 19 heavy (non-hydrogen) atoms. The molecule has 0 saturated heterocycles. The molecule has 0 radical (unpaired) electrons. The minimum absolute atomic E-state index is 0.0574. The van der Waals surface area contributed by atoms with Crippen molar-refractivity contribution in [1.82, 2.24) is 14.9 Å². The summed E-state index contributed by atoms with van der Waals surface area (Å²) in [7, 11) is 0. The van der Waals surface area contributed by atoms with Crippen molar-refractivity contribution < 1.29 is 9.72 Å². The molecule has 1 rings (SSSR count). The van der Waals surface area contributed by atoms with Gasteiger partial charge in [0.1, 0.15) is 6.20 Å². The molecule has 1 amide bonds. The number of carbonyl (C=O) groups is 1. The molecule has 1 aromatic rings. The summed E-state index contributed by atoms with van der Waals surface area (Å²) < 4.78 is 0. The van der Waals surface area contributed by atoms with Crippen molar-refractivity contribution in [2.75, 3.05) is 30.7 Å². The highest BCUT2D eigenvalue weighted by Gasteiger charge is 2.18. The molecule has 0 aliphatic rings. The molecule has 0 atom stereocenters. The Morgan fingerprint density at radius 3 is 2.68 bits per heavy atom. The number of anilines is 2. The van der Waals surface area contributed by atoms with Crippen LogP contribution in [0, 0.1) is 10.1 Å². The summed E-state index contributed by atoms with van der Waals surface area (Å²) in [4.78, 5) is 30.8. The number of aromatic nitrogens is 2. The second-order valence-electron chi connectivity index (χ2n) is 3.64. The number of hydrogen-bond acceptors (Lipinski definition) is 7. The van der Waals surface area contributed by atoms with E-state index in [2.05, 4.69) is 15.3 Å². The van der Waals surface area contributed by atoms with Crippen LogP contribution in [0.1, 0.15) is 13.8 Å². The van der Waals surface area contributed by atoms with E-state index in [1.54, 1.807) is 4.90 Å². The number of likely N-dealkylation sites (N-methyl/N-ethyl adjacent to an activating group) is 1. The number of nitrogen functional groups attached to an aromatic ring is 1. The average molecular weight is 268 g/mol. The molecular formula is C10H16N6O3. The van der Waals surface area contributed by atoms with Crippen LogP contribution in [0.3, 0.4) is 0 Å². The summed E-state index contributed by atoms with van der Waals surface area (Å²) in [5, 5.41) is 13.4. The molecule has 3 N–H and O–H groups in total. The Morgan fingerprint density at radius 2 is 2.16 bits per heavy atom. The Labute approximate surface area is 110 Å². The maximum atomic E-state index is 11.8. The van der Waals surface area contributed by atoms with Gasteiger partial charge in [-0.1, -0.05) is 0 Å². The number of nitrogens with zero attached hydrogens (tertiary/aromatic N) is 4. The fraction of sp³-hybridized carbons (Fsp3) is 0.500. The second-order valence-corrected chi connectivity index (χ2v) is 3.64. The van der Waals surface area contributed by atoms with E-state index in [1.165, 1.54) is 0 Å². The number of nitrogens with two attached hydrogens (primary N) is 1. The van der Waals surface area contributed by atoms with Crippen LogP contribution in [0.15, 0.2) is 6.20 Å². The van der Waals surface area contributed by atoms with Gasteiger partial charge in [0.25, 0.3) is 0 Å². The molecule has 104 valence electrons. The number of rotatable bonds is 6. The molecule has 0 unspecified atom stereocenters. The van der Waals surface area contributed by atoms with Crippen molar-refractivity contribution in [2.24, 2.45) is 0 Å². The van der Waals surface area contributed by atoms with E-state index in [0.29, 0.717) is 13.1 Å². The van der Waals surface area contributed by atoms with Crippen LogP contribution in [0.25, 0.3) is 0 Å². The van der Waals surface area contributed by atoms with E-state index in [9.17, 15) is 14.9 Å². The molecule has 1 heterocycles. The van der Waals surface area contributed by atoms with Gasteiger partial charge in [-0.3, -0.25) is 14.9 Å². The largest absolute Gasteiger partial charge is 0.368 e. The molecule has 9 nitrogen and oxygen atoms in total. The van der Waals surface area contributed by atoms with Gasteiger partial charge >= 0.3 is 5.69 Å². The fourth-order valence-electron chi connectivity index (χ4n) is 1.50. The first-order chi connectivity index (χ1) is 8.99. The first kappa shape index (κ1) is 14.6. The monoisotopic (exact) mass is 268 g/mol.